The van der Waals surface area contributed by atoms with Crippen LogP contribution in [0.2, 0.25) is 0 Å². The minimum Gasteiger partial charge on any atom is -0.300 e. The summed E-state index contributed by atoms with van der Waals surface area (Å²) in [5, 5.41) is 0. The van der Waals surface area contributed by atoms with E-state index in [0.717, 1.165) is 4.57 Å². The molecule has 0 aliphatic heterocycles. The van der Waals surface area contributed by atoms with Gasteiger partial charge in [0, 0.05) is 12.7 Å². The number of nitrogens with one attached hydrogen (secondary N) is 1. The van der Waals surface area contributed by atoms with Crippen LogP contribution in [0.25, 0.3) is 0 Å². The topological polar surface area (TPSA) is 54.9 Å². The monoisotopic (exact) mass is 236 g/mol. The molecule has 1 rings (SSSR count). The molecule has 0 aromatic carbocycles. The highest BCUT2D eigenvalue weighted by Gasteiger charge is 2.34. The van der Waals surface area contributed by atoms with Gasteiger partial charge < -0.3 is 0 Å². The second kappa shape index (κ2) is 4.15. The third kappa shape index (κ3) is 2.74. The van der Waals surface area contributed by atoms with Gasteiger partial charge >= 0.3 is 11.9 Å². The predicted molar refractivity (Wildman–Crippen MR) is 51.2 cm³/mol. The normalized spacial score (nSPS) is 12.1. The molecular formula is C9H11F3N2O2. The van der Waals surface area contributed by atoms with E-state index in [0.29, 0.717) is 6.20 Å². The molecule has 0 amide bonds. The van der Waals surface area contributed by atoms with Crippen LogP contribution in [-0.4, -0.2) is 9.55 Å². The van der Waals surface area contributed by atoms with E-state index in [4.69, 9.17) is 0 Å². The molecule has 16 heavy (non-hydrogen) atoms. The highest BCUT2D eigenvalue weighted by atomic mass is 19.4. The lowest BCUT2D eigenvalue weighted by atomic mass is 10.2. The summed E-state index contributed by atoms with van der Waals surface area (Å²) >= 11 is 0. The van der Waals surface area contributed by atoms with Gasteiger partial charge in [-0.2, -0.15) is 13.2 Å². The van der Waals surface area contributed by atoms with Gasteiger partial charge in [0.15, 0.2) is 0 Å². The Morgan fingerprint density at radius 3 is 2.38 bits per heavy atom. The molecule has 1 heterocycles. The fraction of sp³-hybridized carbons (Fsp3) is 0.556. The number of hydrogen-bond acceptors (Lipinski definition) is 2. The summed E-state index contributed by atoms with van der Waals surface area (Å²) in [5.41, 5.74) is -3.59. The van der Waals surface area contributed by atoms with Gasteiger partial charge in [0.25, 0.3) is 5.56 Å². The summed E-state index contributed by atoms with van der Waals surface area (Å²) in [5.74, 6) is 0.00434. The second-order valence-corrected chi connectivity index (χ2v) is 3.85. The number of H-pyrrole nitrogens is 1. The summed E-state index contributed by atoms with van der Waals surface area (Å²) in [6, 6.07) is 0. The van der Waals surface area contributed by atoms with E-state index in [-0.39, 0.29) is 12.5 Å². The van der Waals surface area contributed by atoms with E-state index in [9.17, 15) is 22.8 Å². The van der Waals surface area contributed by atoms with E-state index >= 15 is 0 Å². The minimum atomic E-state index is -4.75. The maximum atomic E-state index is 12.4. The lowest BCUT2D eigenvalue weighted by molar-refractivity contribution is -0.139. The van der Waals surface area contributed by atoms with Gasteiger partial charge in [-0.25, -0.2) is 4.79 Å². The Hall–Kier alpha value is -1.53. The van der Waals surface area contributed by atoms with Crippen molar-refractivity contribution in [1.29, 1.82) is 0 Å². The van der Waals surface area contributed by atoms with Crippen LogP contribution in [0.4, 0.5) is 13.2 Å². The number of alkyl halides is 3. The molecule has 90 valence electrons. The molecular weight excluding hydrogens is 225 g/mol. The zero-order valence-electron chi connectivity index (χ0n) is 8.76. The van der Waals surface area contributed by atoms with Gasteiger partial charge in [-0.1, -0.05) is 13.8 Å². The second-order valence-electron chi connectivity index (χ2n) is 3.85. The van der Waals surface area contributed by atoms with Crippen molar-refractivity contribution in [3.05, 3.63) is 32.6 Å². The van der Waals surface area contributed by atoms with E-state index < -0.39 is 23.0 Å². The van der Waals surface area contributed by atoms with Gasteiger partial charge in [0.05, 0.1) is 0 Å². The maximum Gasteiger partial charge on any atom is 0.423 e. The fourth-order valence-corrected chi connectivity index (χ4v) is 1.24. The first-order valence-electron chi connectivity index (χ1n) is 4.62. The Bertz CT molecular complexity index is 485. The molecule has 7 heteroatoms. The SMILES string of the molecule is CC(C)Cn1cc(C(F)(F)F)c(=O)[nH]c1=O. The molecule has 1 aromatic rings. The Morgan fingerprint density at radius 2 is 1.94 bits per heavy atom. The van der Waals surface area contributed by atoms with Crippen molar-refractivity contribution in [2.45, 2.75) is 26.6 Å². The number of nitrogens with zero attached hydrogens (tertiary/aromatic N) is 1. The Kier molecular flexibility index (Phi) is 3.25. The first kappa shape index (κ1) is 12.5. The molecule has 1 aromatic heterocycles. The maximum absolute atomic E-state index is 12.4. The Labute approximate surface area is 88.7 Å². The first-order chi connectivity index (χ1) is 7.21. The van der Waals surface area contributed by atoms with Gasteiger partial charge in [-0.3, -0.25) is 14.3 Å². The van der Waals surface area contributed by atoms with Crippen LogP contribution < -0.4 is 11.2 Å². The Morgan fingerprint density at radius 1 is 1.38 bits per heavy atom. The highest BCUT2D eigenvalue weighted by Crippen LogP contribution is 2.25. The highest BCUT2D eigenvalue weighted by molar-refractivity contribution is 5.08. The summed E-state index contributed by atoms with van der Waals surface area (Å²) in [7, 11) is 0. The average Bonchev–Trinajstić information content (AvgIpc) is 2.06. The van der Waals surface area contributed by atoms with Crippen molar-refractivity contribution >= 4 is 0 Å². The molecule has 0 aliphatic carbocycles. The molecule has 0 radical (unpaired) electrons. The standard InChI is InChI=1S/C9H11F3N2O2/c1-5(2)3-14-4-6(9(10,11)12)7(15)13-8(14)16/h4-5H,3H2,1-2H3,(H,13,15,16). The average molecular weight is 236 g/mol. The summed E-state index contributed by atoms with van der Waals surface area (Å²) in [4.78, 5) is 23.8. The van der Waals surface area contributed by atoms with Crippen LogP contribution in [0.5, 0.6) is 0 Å². The molecule has 0 bridgehead atoms. The van der Waals surface area contributed by atoms with Crippen LogP contribution in [0, 0.1) is 5.92 Å². The minimum absolute atomic E-state index is 0.00434. The largest absolute Gasteiger partial charge is 0.423 e. The molecule has 0 fully saturated rings. The fourth-order valence-electron chi connectivity index (χ4n) is 1.24. The molecule has 0 aliphatic rings. The Balaban J connectivity index is 3.34. The van der Waals surface area contributed by atoms with Gasteiger partial charge in [0.2, 0.25) is 0 Å². The third-order valence-corrected chi connectivity index (χ3v) is 1.88. The quantitative estimate of drug-likeness (QED) is 0.839. The summed E-state index contributed by atoms with van der Waals surface area (Å²) in [6.07, 6.45) is -4.19. The number of halogens is 3. The number of rotatable bonds is 2. The van der Waals surface area contributed by atoms with Crippen molar-refractivity contribution < 1.29 is 13.2 Å². The van der Waals surface area contributed by atoms with E-state index in [2.05, 4.69) is 0 Å². The van der Waals surface area contributed by atoms with Gasteiger partial charge in [-0.05, 0) is 5.92 Å². The number of hydrogen-bond donors (Lipinski definition) is 1. The molecule has 4 nitrogen and oxygen atoms in total. The van der Waals surface area contributed by atoms with E-state index in [1.165, 1.54) is 0 Å². The molecule has 1 N–H and O–H groups in total. The lowest BCUT2D eigenvalue weighted by Gasteiger charge is -2.11. The smallest absolute Gasteiger partial charge is 0.300 e. The van der Waals surface area contributed by atoms with E-state index in [1.54, 1.807) is 18.8 Å². The van der Waals surface area contributed by atoms with Crippen molar-refractivity contribution in [2.24, 2.45) is 5.92 Å². The molecule has 0 spiro atoms. The number of aromatic amines is 1. The molecule has 0 saturated heterocycles. The van der Waals surface area contributed by atoms with Crippen LogP contribution in [0.1, 0.15) is 19.4 Å². The van der Waals surface area contributed by atoms with Crippen LogP contribution >= 0.6 is 0 Å². The van der Waals surface area contributed by atoms with E-state index in [1.807, 2.05) is 0 Å². The van der Waals surface area contributed by atoms with Crippen LogP contribution in [0.3, 0.4) is 0 Å². The first-order valence-corrected chi connectivity index (χ1v) is 4.62. The molecule has 0 unspecified atom stereocenters. The van der Waals surface area contributed by atoms with Crippen molar-refractivity contribution in [3.63, 3.8) is 0 Å². The van der Waals surface area contributed by atoms with Crippen molar-refractivity contribution in [2.75, 3.05) is 0 Å². The zero-order valence-corrected chi connectivity index (χ0v) is 8.76. The number of aromatic nitrogens is 2. The molecule has 0 atom stereocenters. The van der Waals surface area contributed by atoms with Crippen molar-refractivity contribution in [3.8, 4) is 0 Å². The van der Waals surface area contributed by atoms with Crippen LogP contribution in [0.15, 0.2) is 15.8 Å². The van der Waals surface area contributed by atoms with Crippen molar-refractivity contribution in [1.82, 2.24) is 9.55 Å². The molecule has 0 saturated carbocycles. The third-order valence-electron chi connectivity index (χ3n) is 1.88. The summed E-state index contributed by atoms with van der Waals surface area (Å²) in [6.45, 7) is 3.63. The summed E-state index contributed by atoms with van der Waals surface area (Å²) < 4.78 is 37.9. The van der Waals surface area contributed by atoms with Gasteiger partial charge in [-0.15, -0.1) is 0 Å². The van der Waals surface area contributed by atoms with Crippen LogP contribution in [-0.2, 0) is 12.7 Å². The predicted octanol–water partition coefficient (Wildman–Crippen LogP) is 1.21. The lowest BCUT2D eigenvalue weighted by Crippen LogP contribution is -2.35. The zero-order chi connectivity index (χ0) is 12.5. The van der Waals surface area contributed by atoms with Gasteiger partial charge in [0.1, 0.15) is 5.56 Å².